The lowest BCUT2D eigenvalue weighted by atomic mass is 9.99. The van der Waals surface area contributed by atoms with Crippen LogP contribution in [0.3, 0.4) is 0 Å². The van der Waals surface area contributed by atoms with Crippen LogP contribution in [0.2, 0.25) is 0 Å². The molecule has 0 aromatic rings. The molecule has 0 bridgehead atoms. The molecule has 0 radical (unpaired) electrons. The summed E-state index contributed by atoms with van der Waals surface area (Å²) < 4.78 is 0. The van der Waals surface area contributed by atoms with Crippen molar-refractivity contribution in [3.8, 4) is 0 Å². The van der Waals surface area contributed by atoms with Crippen molar-refractivity contribution in [2.24, 2.45) is 0 Å². The highest BCUT2D eigenvalue weighted by Gasteiger charge is 2.15. The van der Waals surface area contributed by atoms with Crippen molar-refractivity contribution in [2.75, 3.05) is 13.1 Å². The van der Waals surface area contributed by atoms with Crippen molar-refractivity contribution in [2.45, 2.75) is 44.7 Å². The summed E-state index contributed by atoms with van der Waals surface area (Å²) >= 11 is 0. The molecule has 4 heteroatoms. The number of carboxylic acids is 1. The van der Waals surface area contributed by atoms with Gasteiger partial charge in [0.1, 0.15) is 0 Å². The van der Waals surface area contributed by atoms with Crippen molar-refractivity contribution in [3.63, 3.8) is 0 Å². The van der Waals surface area contributed by atoms with E-state index in [4.69, 9.17) is 5.11 Å². The van der Waals surface area contributed by atoms with E-state index in [1.165, 1.54) is 19.3 Å². The van der Waals surface area contributed by atoms with Gasteiger partial charge in [-0.2, -0.15) is 0 Å². The van der Waals surface area contributed by atoms with Crippen LogP contribution in [0.1, 0.15) is 32.6 Å². The van der Waals surface area contributed by atoms with Gasteiger partial charge in [0.25, 0.3) is 0 Å². The van der Waals surface area contributed by atoms with Gasteiger partial charge < -0.3 is 15.7 Å². The highest BCUT2D eigenvalue weighted by atomic mass is 16.4. The van der Waals surface area contributed by atoms with Gasteiger partial charge in [0.15, 0.2) is 0 Å². The Morgan fingerprint density at radius 2 is 2.43 bits per heavy atom. The fraction of sp³-hybridized carbons (Fsp3) is 0.900. The van der Waals surface area contributed by atoms with Crippen LogP contribution in [0, 0.1) is 0 Å². The third-order valence-electron chi connectivity index (χ3n) is 2.65. The first-order chi connectivity index (χ1) is 6.68. The van der Waals surface area contributed by atoms with E-state index in [-0.39, 0.29) is 12.6 Å². The largest absolute Gasteiger partial charge is 0.480 e. The monoisotopic (exact) mass is 200 g/mol. The number of aliphatic carboxylic acids is 1. The van der Waals surface area contributed by atoms with Gasteiger partial charge in [-0.3, -0.25) is 4.79 Å². The van der Waals surface area contributed by atoms with E-state index in [0.29, 0.717) is 6.04 Å². The Labute approximate surface area is 85.1 Å². The Kier molecular flexibility index (Phi) is 4.90. The summed E-state index contributed by atoms with van der Waals surface area (Å²) in [5, 5.41) is 14.9. The molecule has 0 aromatic carbocycles. The van der Waals surface area contributed by atoms with E-state index in [1.54, 1.807) is 0 Å². The molecule has 4 nitrogen and oxygen atoms in total. The molecule has 0 saturated carbocycles. The van der Waals surface area contributed by atoms with Crippen LogP contribution in [0.4, 0.5) is 0 Å². The number of nitrogens with one attached hydrogen (secondary N) is 2. The first kappa shape index (κ1) is 11.5. The fourth-order valence-electron chi connectivity index (χ4n) is 1.90. The second kappa shape index (κ2) is 5.98. The lowest BCUT2D eigenvalue weighted by Crippen LogP contribution is -2.41. The van der Waals surface area contributed by atoms with Crippen LogP contribution < -0.4 is 10.6 Å². The van der Waals surface area contributed by atoms with Crippen molar-refractivity contribution in [1.29, 1.82) is 0 Å². The van der Waals surface area contributed by atoms with E-state index in [9.17, 15) is 4.79 Å². The molecule has 82 valence electrons. The van der Waals surface area contributed by atoms with E-state index in [2.05, 4.69) is 10.6 Å². The van der Waals surface area contributed by atoms with Gasteiger partial charge in [-0.25, -0.2) is 0 Å². The molecule has 1 fully saturated rings. The summed E-state index contributed by atoms with van der Waals surface area (Å²) in [4.78, 5) is 10.3. The topological polar surface area (TPSA) is 61.4 Å². The zero-order valence-corrected chi connectivity index (χ0v) is 8.75. The van der Waals surface area contributed by atoms with Crippen LogP contribution >= 0.6 is 0 Å². The summed E-state index contributed by atoms with van der Waals surface area (Å²) in [6.45, 7) is 3.21. The second-order valence-electron chi connectivity index (χ2n) is 4.06. The smallest absolute Gasteiger partial charge is 0.317 e. The quantitative estimate of drug-likeness (QED) is 0.607. The van der Waals surface area contributed by atoms with Crippen LogP contribution in [-0.4, -0.2) is 36.2 Å². The second-order valence-corrected chi connectivity index (χ2v) is 4.06. The first-order valence-corrected chi connectivity index (χ1v) is 5.37. The van der Waals surface area contributed by atoms with Gasteiger partial charge in [-0.15, -0.1) is 0 Å². The molecule has 0 amide bonds. The van der Waals surface area contributed by atoms with E-state index in [0.717, 1.165) is 13.0 Å². The van der Waals surface area contributed by atoms with Crippen molar-refractivity contribution in [3.05, 3.63) is 0 Å². The standard InChI is InChI=1S/C10H20N2O2/c1-8(12-7-10(13)14)6-9-4-2-3-5-11-9/h8-9,11-12H,2-7H2,1H3,(H,13,14). The predicted molar refractivity (Wildman–Crippen MR) is 55.4 cm³/mol. The molecule has 1 aliphatic rings. The Morgan fingerprint density at radius 1 is 1.64 bits per heavy atom. The van der Waals surface area contributed by atoms with E-state index >= 15 is 0 Å². The van der Waals surface area contributed by atoms with Crippen LogP contribution in [0.25, 0.3) is 0 Å². The summed E-state index contributed by atoms with van der Waals surface area (Å²) in [5.41, 5.74) is 0. The maximum absolute atomic E-state index is 10.3. The molecule has 0 aromatic heterocycles. The van der Waals surface area contributed by atoms with Crippen LogP contribution in [0.5, 0.6) is 0 Å². The lowest BCUT2D eigenvalue weighted by Gasteiger charge is -2.26. The van der Waals surface area contributed by atoms with Crippen LogP contribution in [0.15, 0.2) is 0 Å². The van der Waals surface area contributed by atoms with E-state index < -0.39 is 5.97 Å². The predicted octanol–water partition coefficient (Wildman–Crippen LogP) is 0.581. The van der Waals surface area contributed by atoms with E-state index in [1.807, 2.05) is 6.92 Å². The van der Waals surface area contributed by atoms with Gasteiger partial charge in [0, 0.05) is 12.1 Å². The Balaban J connectivity index is 2.11. The van der Waals surface area contributed by atoms with Crippen molar-refractivity contribution < 1.29 is 9.90 Å². The van der Waals surface area contributed by atoms with Crippen molar-refractivity contribution in [1.82, 2.24) is 10.6 Å². The summed E-state index contributed by atoms with van der Waals surface area (Å²) in [6, 6.07) is 0.849. The minimum Gasteiger partial charge on any atom is -0.480 e. The molecule has 0 aliphatic carbocycles. The zero-order valence-electron chi connectivity index (χ0n) is 8.75. The molecule has 3 N–H and O–H groups in total. The molecule has 2 unspecified atom stereocenters. The minimum atomic E-state index is -0.784. The third-order valence-corrected chi connectivity index (χ3v) is 2.65. The minimum absolute atomic E-state index is 0.0634. The molecule has 1 aliphatic heterocycles. The van der Waals surface area contributed by atoms with Crippen LogP contribution in [-0.2, 0) is 4.79 Å². The first-order valence-electron chi connectivity index (χ1n) is 5.37. The lowest BCUT2D eigenvalue weighted by molar-refractivity contribution is -0.136. The molecule has 0 spiro atoms. The average molecular weight is 200 g/mol. The maximum atomic E-state index is 10.3. The number of piperidine rings is 1. The van der Waals surface area contributed by atoms with Gasteiger partial charge in [-0.1, -0.05) is 6.42 Å². The van der Waals surface area contributed by atoms with Gasteiger partial charge in [0.2, 0.25) is 0 Å². The summed E-state index contributed by atoms with van der Waals surface area (Å²) in [6.07, 6.45) is 4.81. The number of carbonyl (C=O) groups is 1. The fourth-order valence-corrected chi connectivity index (χ4v) is 1.90. The zero-order chi connectivity index (χ0) is 10.4. The molecule has 2 atom stereocenters. The Morgan fingerprint density at radius 3 is 3.00 bits per heavy atom. The highest BCUT2D eigenvalue weighted by Crippen LogP contribution is 2.11. The SMILES string of the molecule is CC(CC1CCCCN1)NCC(=O)O. The molecule has 1 heterocycles. The number of rotatable bonds is 5. The maximum Gasteiger partial charge on any atom is 0.317 e. The number of hydrogen-bond donors (Lipinski definition) is 3. The molecule has 1 rings (SSSR count). The van der Waals surface area contributed by atoms with Gasteiger partial charge >= 0.3 is 5.97 Å². The number of carboxylic acid groups (broad SMARTS) is 1. The number of hydrogen-bond acceptors (Lipinski definition) is 3. The molecular formula is C10H20N2O2. The normalized spacial score (nSPS) is 24.5. The molecule has 14 heavy (non-hydrogen) atoms. The average Bonchev–Trinajstić information content (AvgIpc) is 2.16. The highest BCUT2D eigenvalue weighted by molar-refractivity contribution is 5.69. The Hall–Kier alpha value is -0.610. The Bertz CT molecular complexity index is 179. The molecule has 1 saturated heterocycles. The third kappa shape index (κ3) is 4.58. The van der Waals surface area contributed by atoms with Gasteiger partial charge in [-0.05, 0) is 32.7 Å². The summed E-state index contributed by atoms with van der Waals surface area (Å²) in [7, 11) is 0. The summed E-state index contributed by atoms with van der Waals surface area (Å²) in [5.74, 6) is -0.784. The molecular weight excluding hydrogens is 180 g/mol. The van der Waals surface area contributed by atoms with Crippen molar-refractivity contribution >= 4 is 5.97 Å². The van der Waals surface area contributed by atoms with Gasteiger partial charge in [0.05, 0.1) is 6.54 Å².